The normalized spacial score (nSPS) is 16.0. The molecule has 1 fully saturated rings. The molecule has 0 amide bonds. The lowest BCUT2D eigenvalue weighted by atomic mass is 9.95. The van der Waals surface area contributed by atoms with Gasteiger partial charge in [0.05, 0.1) is 27.4 Å². The number of ether oxygens (including phenoxy) is 3. The lowest BCUT2D eigenvalue weighted by Gasteiger charge is -2.36. The second-order valence-corrected chi connectivity index (χ2v) is 7.30. The minimum Gasteiger partial charge on any atom is -0.493 e. The Morgan fingerprint density at radius 2 is 1.48 bits per heavy atom. The zero-order valence-electron chi connectivity index (χ0n) is 16.5. The Bertz CT molecular complexity index is 721. The summed E-state index contributed by atoms with van der Waals surface area (Å²) in [7, 11) is 4.96. The maximum atomic E-state index is 5.59. The maximum Gasteiger partial charge on any atom is 0.203 e. The van der Waals surface area contributed by atoms with E-state index in [4.69, 9.17) is 14.2 Å². The molecule has 5 nitrogen and oxygen atoms in total. The van der Waals surface area contributed by atoms with Crippen LogP contribution in [0.3, 0.4) is 0 Å². The summed E-state index contributed by atoms with van der Waals surface area (Å²) in [6.07, 6.45) is 2.10. The minimum atomic E-state index is 0.136. The molecule has 1 saturated heterocycles. The largest absolute Gasteiger partial charge is 0.493 e. The SMILES string of the molecule is COc1cc(C(c2ccc(SC)cc2)N2CCNCC2)cc(OC)c1OC. The van der Waals surface area contributed by atoms with Crippen LogP contribution in [0.4, 0.5) is 0 Å². The molecule has 2 aromatic carbocycles. The van der Waals surface area contributed by atoms with Gasteiger partial charge in [0.1, 0.15) is 0 Å². The van der Waals surface area contributed by atoms with E-state index in [0.29, 0.717) is 17.2 Å². The number of rotatable bonds is 7. The molecule has 1 heterocycles. The molecule has 0 aliphatic carbocycles. The van der Waals surface area contributed by atoms with E-state index < -0.39 is 0 Å². The van der Waals surface area contributed by atoms with Crippen molar-refractivity contribution >= 4 is 11.8 Å². The summed E-state index contributed by atoms with van der Waals surface area (Å²) < 4.78 is 16.7. The van der Waals surface area contributed by atoms with Crippen molar-refractivity contribution in [3.63, 3.8) is 0 Å². The summed E-state index contributed by atoms with van der Waals surface area (Å²) in [6.45, 7) is 3.96. The highest BCUT2D eigenvalue weighted by atomic mass is 32.2. The molecule has 1 unspecified atom stereocenters. The van der Waals surface area contributed by atoms with Gasteiger partial charge in [0.25, 0.3) is 0 Å². The third-order valence-electron chi connectivity index (χ3n) is 4.95. The van der Waals surface area contributed by atoms with Crippen LogP contribution in [-0.2, 0) is 0 Å². The first kappa shape index (κ1) is 19.9. The van der Waals surface area contributed by atoms with Crippen molar-refractivity contribution in [3.8, 4) is 17.2 Å². The van der Waals surface area contributed by atoms with Crippen LogP contribution in [0.25, 0.3) is 0 Å². The first-order valence-electron chi connectivity index (χ1n) is 9.10. The number of hydrogen-bond acceptors (Lipinski definition) is 6. The van der Waals surface area contributed by atoms with Crippen LogP contribution in [0, 0.1) is 0 Å². The fourth-order valence-corrected chi connectivity index (χ4v) is 4.01. The van der Waals surface area contributed by atoms with Gasteiger partial charge in [-0.3, -0.25) is 4.90 Å². The summed E-state index contributed by atoms with van der Waals surface area (Å²) in [6, 6.07) is 13.1. The van der Waals surface area contributed by atoms with E-state index in [1.165, 1.54) is 10.5 Å². The lowest BCUT2D eigenvalue weighted by Crippen LogP contribution is -2.45. The molecule has 0 bridgehead atoms. The van der Waals surface area contributed by atoms with Gasteiger partial charge in [0.2, 0.25) is 5.75 Å². The fraction of sp³-hybridized carbons (Fsp3) is 0.429. The zero-order chi connectivity index (χ0) is 19.2. The molecule has 2 aromatic rings. The van der Waals surface area contributed by atoms with Gasteiger partial charge in [-0.1, -0.05) is 12.1 Å². The second-order valence-electron chi connectivity index (χ2n) is 6.42. The van der Waals surface area contributed by atoms with Crippen LogP contribution in [-0.4, -0.2) is 58.7 Å². The van der Waals surface area contributed by atoms with E-state index in [2.05, 4.69) is 52.9 Å². The van der Waals surface area contributed by atoms with E-state index in [9.17, 15) is 0 Å². The van der Waals surface area contributed by atoms with E-state index in [0.717, 1.165) is 31.7 Å². The number of methoxy groups -OCH3 is 3. The van der Waals surface area contributed by atoms with E-state index in [-0.39, 0.29) is 6.04 Å². The summed E-state index contributed by atoms with van der Waals surface area (Å²) in [5.74, 6) is 2.00. The Kier molecular flexibility index (Phi) is 6.88. The predicted octanol–water partition coefficient (Wildman–Crippen LogP) is 3.43. The summed E-state index contributed by atoms with van der Waals surface area (Å²) in [5.41, 5.74) is 2.41. The van der Waals surface area contributed by atoms with Crippen molar-refractivity contribution in [1.29, 1.82) is 0 Å². The average Bonchev–Trinajstić information content (AvgIpc) is 2.74. The topological polar surface area (TPSA) is 43.0 Å². The highest BCUT2D eigenvalue weighted by Gasteiger charge is 2.26. The Balaban J connectivity index is 2.08. The number of piperazine rings is 1. The van der Waals surface area contributed by atoms with Crippen molar-refractivity contribution in [2.75, 3.05) is 53.8 Å². The lowest BCUT2D eigenvalue weighted by molar-refractivity contribution is 0.197. The summed E-state index contributed by atoms with van der Waals surface area (Å²) >= 11 is 1.76. The molecule has 146 valence electrons. The number of thioether (sulfide) groups is 1. The molecule has 0 radical (unpaired) electrons. The molecule has 1 aliphatic rings. The Morgan fingerprint density at radius 3 is 1.96 bits per heavy atom. The molecule has 1 atom stereocenters. The number of hydrogen-bond donors (Lipinski definition) is 1. The Labute approximate surface area is 166 Å². The highest BCUT2D eigenvalue weighted by Crippen LogP contribution is 2.42. The number of nitrogens with one attached hydrogen (secondary N) is 1. The van der Waals surface area contributed by atoms with Crippen LogP contribution < -0.4 is 19.5 Å². The van der Waals surface area contributed by atoms with Gasteiger partial charge >= 0.3 is 0 Å². The van der Waals surface area contributed by atoms with Crippen LogP contribution in [0.5, 0.6) is 17.2 Å². The van der Waals surface area contributed by atoms with Gasteiger partial charge in [-0.15, -0.1) is 11.8 Å². The van der Waals surface area contributed by atoms with Gasteiger partial charge in [0, 0.05) is 31.1 Å². The van der Waals surface area contributed by atoms with Crippen molar-refractivity contribution in [3.05, 3.63) is 47.5 Å². The van der Waals surface area contributed by atoms with Gasteiger partial charge in [-0.2, -0.15) is 0 Å². The predicted molar refractivity (Wildman–Crippen MR) is 111 cm³/mol. The highest BCUT2D eigenvalue weighted by molar-refractivity contribution is 7.98. The Hall–Kier alpha value is -1.89. The zero-order valence-corrected chi connectivity index (χ0v) is 17.3. The molecule has 6 heteroatoms. The summed E-state index contributed by atoms with van der Waals surface area (Å²) in [5, 5.41) is 3.44. The quantitative estimate of drug-likeness (QED) is 0.733. The Morgan fingerprint density at radius 1 is 0.889 bits per heavy atom. The molecule has 0 saturated carbocycles. The van der Waals surface area contributed by atoms with E-state index in [1.807, 2.05) is 0 Å². The first-order valence-corrected chi connectivity index (χ1v) is 10.3. The second kappa shape index (κ2) is 9.35. The van der Waals surface area contributed by atoms with Crippen LogP contribution >= 0.6 is 11.8 Å². The third kappa shape index (κ3) is 4.34. The van der Waals surface area contributed by atoms with E-state index in [1.54, 1.807) is 33.1 Å². The van der Waals surface area contributed by atoms with Gasteiger partial charge in [-0.05, 0) is 41.6 Å². The van der Waals surface area contributed by atoms with Crippen molar-refractivity contribution in [2.24, 2.45) is 0 Å². The fourth-order valence-electron chi connectivity index (χ4n) is 3.60. The van der Waals surface area contributed by atoms with Gasteiger partial charge in [0.15, 0.2) is 11.5 Å². The summed E-state index contributed by atoms with van der Waals surface area (Å²) in [4.78, 5) is 3.77. The minimum absolute atomic E-state index is 0.136. The molecule has 3 rings (SSSR count). The molecular formula is C21H28N2O3S. The first-order chi connectivity index (χ1) is 13.2. The molecule has 27 heavy (non-hydrogen) atoms. The molecule has 0 aromatic heterocycles. The monoisotopic (exact) mass is 388 g/mol. The van der Waals surface area contributed by atoms with Crippen LogP contribution in [0.1, 0.15) is 17.2 Å². The van der Waals surface area contributed by atoms with Gasteiger partial charge in [-0.25, -0.2) is 0 Å². The number of nitrogens with zero attached hydrogens (tertiary/aromatic N) is 1. The van der Waals surface area contributed by atoms with Crippen LogP contribution in [0.15, 0.2) is 41.3 Å². The van der Waals surface area contributed by atoms with Gasteiger partial charge < -0.3 is 19.5 Å². The average molecular weight is 389 g/mol. The third-order valence-corrected chi connectivity index (χ3v) is 5.69. The molecule has 0 spiro atoms. The molecule has 1 N–H and O–H groups in total. The van der Waals surface area contributed by atoms with Crippen molar-refractivity contribution in [1.82, 2.24) is 10.2 Å². The van der Waals surface area contributed by atoms with Crippen LogP contribution in [0.2, 0.25) is 0 Å². The molecule has 1 aliphatic heterocycles. The molecular weight excluding hydrogens is 360 g/mol. The maximum absolute atomic E-state index is 5.59. The van der Waals surface area contributed by atoms with Crippen molar-refractivity contribution in [2.45, 2.75) is 10.9 Å². The van der Waals surface area contributed by atoms with Crippen molar-refractivity contribution < 1.29 is 14.2 Å². The van der Waals surface area contributed by atoms with E-state index >= 15 is 0 Å². The number of benzene rings is 2. The smallest absolute Gasteiger partial charge is 0.203 e. The standard InChI is InChI=1S/C21H28N2O3S/c1-24-18-13-16(14-19(25-2)21(18)26-3)20(23-11-9-22-10-12-23)15-5-7-17(27-4)8-6-15/h5-8,13-14,20,22H,9-12H2,1-4H3.